The standard InChI is InChI=1S/2C17H4F10O/c2*18-8-6(9(19)13(23)16(26)12(8)22)3-1-5(28)2-4-7-10(20)14(24)17(27)15(25)11(7)21/h2*1-4H/b2*3-1+,4-2+. The molecule has 56 heavy (non-hydrogen) atoms. The monoisotopic (exact) mass is 828 g/mol. The summed E-state index contributed by atoms with van der Waals surface area (Å²) in [5, 5.41) is 0. The molecule has 0 bridgehead atoms. The molecule has 0 fully saturated rings. The summed E-state index contributed by atoms with van der Waals surface area (Å²) in [4.78, 5) is 23.0. The number of hydrogen-bond donors (Lipinski definition) is 0. The first-order chi connectivity index (χ1) is 26.0. The van der Waals surface area contributed by atoms with Crippen LogP contribution in [0, 0.1) is 116 Å². The van der Waals surface area contributed by atoms with Crippen LogP contribution in [-0.2, 0) is 9.59 Å². The first kappa shape index (κ1) is 44.2. The van der Waals surface area contributed by atoms with Crippen LogP contribution in [0.4, 0.5) is 87.8 Å². The Morgan fingerprint density at radius 3 is 0.446 bits per heavy atom. The minimum atomic E-state index is -2.43. The number of halogens is 20. The molecule has 0 spiro atoms. The molecule has 0 aliphatic heterocycles. The first-order valence-electron chi connectivity index (χ1n) is 13.8. The number of ketones is 2. The molecular formula is C34H8F20O2. The van der Waals surface area contributed by atoms with Crippen molar-refractivity contribution < 1.29 is 97.4 Å². The van der Waals surface area contributed by atoms with Crippen molar-refractivity contribution in [2.24, 2.45) is 0 Å². The maximum atomic E-state index is 13.4. The summed E-state index contributed by atoms with van der Waals surface area (Å²) in [5.41, 5.74) is -5.91. The van der Waals surface area contributed by atoms with E-state index in [4.69, 9.17) is 0 Å². The van der Waals surface area contributed by atoms with Crippen molar-refractivity contribution in [2.45, 2.75) is 0 Å². The van der Waals surface area contributed by atoms with Crippen molar-refractivity contribution in [1.29, 1.82) is 0 Å². The zero-order chi connectivity index (χ0) is 42.7. The summed E-state index contributed by atoms with van der Waals surface area (Å²) >= 11 is 0. The lowest BCUT2D eigenvalue weighted by molar-refractivity contribution is -0.111. The van der Waals surface area contributed by atoms with Gasteiger partial charge in [-0.05, 0) is 48.6 Å². The molecule has 0 amide bonds. The summed E-state index contributed by atoms with van der Waals surface area (Å²) in [6.07, 6.45) is 1.73. The Hall–Kier alpha value is -6.22. The van der Waals surface area contributed by atoms with Gasteiger partial charge in [-0.25, -0.2) is 87.8 Å². The highest BCUT2D eigenvalue weighted by atomic mass is 19.2. The predicted molar refractivity (Wildman–Crippen MR) is 151 cm³/mol. The van der Waals surface area contributed by atoms with Gasteiger partial charge in [-0.2, -0.15) is 0 Å². The number of carbonyl (C=O) groups is 2. The van der Waals surface area contributed by atoms with Gasteiger partial charge >= 0.3 is 0 Å². The second-order valence-electron chi connectivity index (χ2n) is 10.1. The quantitative estimate of drug-likeness (QED) is 0.0767. The number of rotatable bonds is 8. The highest BCUT2D eigenvalue weighted by Gasteiger charge is 2.27. The molecule has 22 heteroatoms. The highest BCUT2D eigenvalue weighted by Crippen LogP contribution is 2.28. The second kappa shape index (κ2) is 17.5. The molecule has 0 N–H and O–H groups in total. The molecule has 0 aliphatic carbocycles. The van der Waals surface area contributed by atoms with Crippen molar-refractivity contribution in [1.82, 2.24) is 0 Å². The van der Waals surface area contributed by atoms with Crippen molar-refractivity contribution in [2.75, 3.05) is 0 Å². The van der Waals surface area contributed by atoms with Gasteiger partial charge in [0.1, 0.15) is 0 Å². The van der Waals surface area contributed by atoms with Crippen LogP contribution in [0.25, 0.3) is 24.3 Å². The van der Waals surface area contributed by atoms with E-state index in [2.05, 4.69) is 0 Å². The Morgan fingerprint density at radius 1 is 0.214 bits per heavy atom. The third kappa shape index (κ3) is 8.68. The van der Waals surface area contributed by atoms with Gasteiger partial charge in [-0.1, -0.05) is 0 Å². The maximum absolute atomic E-state index is 13.4. The molecule has 0 aromatic heterocycles. The number of hydrogen-bond acceptors (Lipinski definition) is 2. The molecule has 0 atom stereocenters. The Bertz CT molecular complexity index is 1970. The van der Waals surface area contributed by atoms with Crippen LogP contribution in [0.2, 0.25) is 0 Å². The zero-order valence-electron chi connectivity index (χ0n) is 26.0. The minimum Gasteiger partial charge on any atom is -0.290 e. The molecule has 4 rings (SSSR count). The Labute approximate surface area is 296 Å². The normalized spacial score (nSPS) is 11.8. The molecular weight excluding hydrogens is 820 g/mol. The second-order valence-corrected chi connectivity index (χ2v) is 10.1. The topological polar surface area (TPSA) is 34.1 Å². The Morgan fingerprint density at radius 2 is 0.321 bits per heavy atom. The molecule has 2 nitrogen and oxygen atoms in total. The van der Waals surface area contributed by atoms with Crippen LogP contribution in [0.15, 0.2) is 24.3 Å². The van der Waals surface area contributed by atoms with Crippen LogP contribution in [0.3, 0.4) is 0 Å². The highest BCUT2D eigenvalue weighted by molar-refractivity contribution is 6.05. The third-order valence-corrected chi connectivity index (χ3v) is 6.63. The van der Waals surface area contributed by atoms with E-state index in [0.29, 0.717) is 0 Å². The lowest BCUT2D eigenvalue weighted by Crippen LogP contribution is -2.04. The minimum absolute atomic E-state index is 0.182. The Kier molecular flexibility index (Phi) is 13.8. The van der Waals surface area contributed by atoms with E-state index in [9.17, 15) is 97.4 Å². The first-order valence-corrected chi connectivity index (χ1v) is 13.8. The predicted octanol–water partition coefficient (Wildman–Crippen LogP) is 10.7. The van der Waals surface area contributed by atoms with E-state index in [1.54, 1.807) is 0 Å². The van der Waals surface area contributed by atoms with Crippen LogP contribution in [0.5, 0.6) is 0 Å². The average Bonchev–Trinajstić information content (AvgIpc) is 3.17. The molecule has 4 aromatic carbocycles. The van der Waals surface area contributed by atoms with Crippen LogP contribution in [-0.4, -0.2) is 11.6 Å². The fourth-order valence-electron chi connectivity index (χ4n) is 3.85. The van der Waals surface area contributed by atoms with Crippen LogP contribution < -0.4 is 0 Å². The molecule has 4 aromatic rings. The summed E-state index contributed by atoms with van der Waals surface area (Å²) in [5.74, 6) is -48.5. The van der Waals surface area contributed by atoms with Gasteiger partial charge in [0, 0.05) is 0 Å². The fourth-order valence-corrected chi connectivity index (χ4v) is 3.85. The van der Waals surface area contributed by atoms with Gasteiger partial charge in [0.15, 0.2) is 105 Å². The summed E-state index contributed by atoms with van der Waals surface area (Å²) in [6, 6.07) is 0. The maximum Gasteiger partial charge on any atom is 0.200 e. The molecule has 296 valence electrons. The summed E-state index contributed by atoms with van der Waals surface area (Å²) in [6.45, 7) is 0. The van der Waals surface area contributed by atoms with E-state index >= 15 is 0 Å². The van der Waals surface area contributed by atoms with Crippen molar-refractivity contribution in [3.63, 3.8) is 0 Å². The lowest BCUT2D eigenvalue weighted by atomic mass is 10.1. The van der Waals surface area contributed by atoms with E-state index in [1.165, 1.54) is 0 Å². The van der Waals surface area contributed by atoms with E-state index < -0.39 is 150 Å². The van der Waals surface area contributed by atoms with Gasteiger partial charge in [0.2, 0.25) is 23.3 Å². The molecule has 0 heterocycles. The van der Waals surface area contributed by atoms with E-state index in [0.717, 1.165) is 0 Å². The van der Waals surface area contributed by atoms with E-state index in [-0.39, 0.29) is 48.6 Å². The number of carbonyl (C=O) groups excluding carboxylic acids is 2. The van der Waals surface area contributed by atoms with Crippen molar-refractivity contribution in [3.05, 3.63) is 163 Å². The smallest absolute Gasteiger partial charge is 0.200 e. The van der Waals surface area contributed by atoms with Crippen LogP contribution >= 0.6 is 0 Å². The van der Waals surface area contributed by atoms with Gasteiger partial charge in [-0.3, -0.25) is 9.59 Å². The molecule has 0 aliphatic rings. The van der Waals surface area contributed by atoms with Crippen LogP contribution in [0.1, 0.15) is 22.3 Å². The summed E-state index contributed by atoms with van der Waals surface area (Å²) < 4.78 is 263. The Balaban J connectivity index is 0.000000300. The van der Waals surface area contributed by atoms with Gasteiger partial charge in [0.05, 0.1) is 22.3 Å². The van der Waals surface area contributed by atoms with Crippen molar-refractivity contribution >= 4 is 35.9 Å². The van der Waals surface area contributed by atoms with Gasteiger partial charge < -0.3 is 0 Å². The molecule has 0 saturated heterocycles. The molecule has 0 radical (unpaired) electrons. The average molecular weight is 828 g/mol. The number of benzene rings is 4. The fraction of sp³-hybridized carbons (Fsp3) is 0. The SMILES string of the molecule is O=C(/C=C/c1c(F)c(F)c(F)c(F)c1F)/C=C/c1c(F)c(F)c(F)c(F)c1F.O=C(/C=C/c1c(F)c(F)c(F)c(F)c1F)/C=C/c1c(F)c(F)c(F)c(F)c1F. The zero-order valence-corrected chi connectivity index (χ0v) is 26.0. The number of allylic oxidation sites excluding steroid dienone is 4. The van der Waals surface area contributed by atoms with Gasteiger partial charge in [-0.15, -0.1) is 0 Å². The molecule has 0 saturated carbocycles. The van der Waals surface area contributed by atoms with Crippen molar-refractivity contribution in [3.8, 4) is 0 Å². The lowest BCUT2D eigenvalue weighted by Gasteiger charge is -2.04. The molecule has 0 unspecified atom stereocenters. The summed E-state index contributed by atoms with van der Waals surface area (Å²) in [7, 11) is 0. The third-order valence-electron chi connectivity index (χ3n) is 6.63. The van der Waals surface area contributed by atoms with E-state index in [1.807, 2.05) is 0 Å². The van der Waals surface area contributed by atoms with Gasteiger partial charge in [0.25, 0.3) is 0 Å². The largest absolute Gasteiger partial charge is 0.290 e.